The number of amides is 1. The van der Waals surface area contributed by atoms with Crippen LogP contribution in [0.5, 0.6) is 0 Å². The van der Waals surface area contributed by atoms with Crippen molar-refractivity contribution in [3.63, 3.8) is 0 Å². The molecule has 0 N–H and O–H groups in total. The maximum absolute atomic E-state index is 13.1. The number of carbonyl (C=O) groups is 2. The summed E-state index contributed by atoms with van der Waals surface area (Å²) in [5.74, 6) is -0.753. The third-order valence-corrected chi connectivity index (χ3v) is 7.92. The summed E-state index contributed by atoms with van der Waals surface area (Å²) in [7, 11) is -3.12. The van der Waals surface area contributed by atoms with E-state index in [2.05, 4.69) is 0 Å². The third-order valence-electron chi connectivity index (χ3n) is 6.17. The molecule has 31 heavy (non-hydrogen) atoms. The second-order valence-corrected chi connectivity index (χ2v) is 10.6. The van der Waals surface area contributed by atoms with Crippen LogP contribution in [0, 0.1) is 0 Å². The number of ether oxygens (including phenoxy) is 1. The van der Waals surface area contributed by atoms with E-state index in [4.69, 9.17) is 4.74 Å². The zero-order valence-electron chi connectivity index (χ0n) is 17.5. The first-order chi connectivity index (χ1) is 14.9. The van der Waals surface area contributed by atoms with Crippen molar-refractivity contribution in [2.24, 2.45) is 0 Å². The van der Waals surface area contributed by atoms with Gasteiger partial charge in [0.2, 0.25) is 0 Å². The molecule has 1 aliphatic carbocycles. The van der Waals surface area contributed by atoms with Crippen molar-refractivity contribution in [1.29, 1.82) is 0 Å². The molecule has 1 saturated heterocycles. The van der Waals surface area contributed by atoms with Gasteiger partial charge < -0.3 is 14.2 Å². The van der Waals surface area contributed by atoms with Crippen LogP contribution in [-0.4, -0.2) is 60.0 Å². The Bertz CT molecular complexity index is 1030. The molecule has 1 unspecified atom stereocenters. The first-order valence-electron chi connectivity index (χ1n) is 10.8. The van der Waals surface area contributed by atoms with Gasteiger partial charge in [0.25, 0.3) is 5.91 Å². The van der Waals surface area contributed by atoms with Crippen molar-refractivity contribution < 1.29 is 22.7 Å². The van der Waals surface area contributed by atoms with E-state index >= 15 is 0 Å². The highest BCUT2D eigenvalue weighted by Gasteiger charge is 2.38. The normalized spacial score (nSPS) is 21.0. The monoisotopic (exact) mass is 444 g/mol. The van der Waals surface area contributed by atoms with E-state index in [1.165, 1.54) is 0 Å². The SMILES string of the molecule is O=C(OCC(=O)N(C1CCCCC1)C1CCS(=O)(=O)C1)c1cccc(-n2cccc2)c1. The number of aromatic nitrogens is 1. The molecule has 0 radical (unpaired) electrons. The summed E-state index contributed by atoms with van der Waals surface area (Å²) in [6.45, 7) is -0.375. The average Bonchev–Trinajstić information content (AvgIpc) is 3.43. The van der Waals surface area contributed by atoms with Crippen molar-refractivity contribution in [3.05, 3.63) is 54.4 Å². The highest BCUT2D eigenvalue weighted by atomic mass is 32.2. The van der Waals surface area contributed by atoms with E-state index < -0.39 is 15.8 Å². The summed E-state index contributed by atoms with van der Waals surface area (Å²) in [5, 5.41) is 0. The van der Waals surface area contributed by atoms with E-state index in [1.807, 2.05) is 35.2 Å². The largest absolute Gasteiger partial charge is 0.452 e. The molecule has 2 fully saturated rings. The molecule has 1 aliphatic heterocycles. The van der Waals surface area contributed by atoms with Crippen LogP contribution >= 0.6 is 0 Å². The van der Waals surface area contributed by atoms with Crippen LogP contribution in [0.1, 0.15) is 48.9 Å². The second-order valence-electron chi connectivity index (χ2n) is 8.37. The molecule has 1 aromatic carbocycles. The molecular weight excluding hydrogens is 416 g/mol. The zero-order chi connectivity index (χ0) is 21.8. The van der Waals surface area contributed by atoms with Gasteiger partial charge in [-0.1, -0.05) is 25.3 Å². The van der Waals surface area contributed by atoms with E-state index in [-0.39, 0.29) is 36.1 Å². The van der Waals surface area contributed by atoms with Crippen LogP contribution in [0.25, 0.3) is 5.69 Å². The van der Waals surface area contributed by atoms with E-state index in [0.717, 1.165) is 37.8 Å². The van der Waals surface area contributed by atoms with Gasteiger partial charge in [-0.15, -0.1) is 0 Å². The van der Waals surface area contributed by atoms with Crippen molar-refractivity contribution in [2.45, 2.75) is 50.6 Å². The lowest BCUT2D eigenvalue weighted by Crippen LogP contribution is -2.50. The Morgan fingerprint density at radius 3 is 2.42 bits per heavy atom. The fourth-order valence-electron chi connectivity index (χ4n) is 4.64. The van der Waals surface area contributed by atoms with E-state index in [1.54, 1.807) is 23.1 Å². The summed E-state index contributed by atoms with van der Waals surface area (Å²) in [5.41, 5.74) is 1.19. The van der Waals surface area contributed by atoms with E-state index in [0.29, 0.717) is 12.0 Å². The Hall–Kier alpha value is -2.61. The van der Waals surface area contributed by atoms with Crippen LogP contribution in [-0.2, 0) is 19.4 Å². The summed E-state index contributed by atoms with van der Waals surface area (Å²) in [6, 6.07) is 10.5. The predicted octanol–water partition coefficient (Wildman–Crippen LogP) is 2.98. The number of esters is 1. The van der Waals surface area contributed by atoms with Gasteiger partial charge in [0.05, 0.1) is 17.1 Å². The van der Waals surface area contributed by atoms with E-state index in [9.17, 15) is 18.0 Å². The van der Waals surface area contributed by atoms with Gasteiger partial charge in [-0.2, -0.15) is 0 Å². The minimum atomic E-state index is -3.12. The van der Waals surface area contributed by atoms with Crippen LogP contribution in [0.15, 0.2) is 48.8 Å². The smallest absolute Gasteiger partial charge is 0.338 e. The molecule has 166 valence electrons. The van der Waals surface area contributed by atoms with Crippen molar-refractivity contribution in [3.8, 4) is 5.69 Å². The van der Waals surface area contributed by atoms with Gasteiger partial charge in [-0.25, -0.2) is 13.2 Å². The third kappa shape index (κ3) is 5.18. The lowest BCUT2D eigenvalue weighted by Gasteiger charge is -2.38. The fraction of sp³-hybridized carbons (Fsp3) is 0.478. The first kappa shape index (κ1) is 21.6. The zero-order valence-corrected chi connectivity index (χ0v) is 18.3. The Balaban J connectivity index is 1.44. The van der Waals surface area contributed by atoms with Crippen LogP contribution in [0.3, 0.4) is 0 Å². The molecule has 1 saturated carbocycles. The predicted molar refractivity (Wildman–Crippen MR) is 117 cm³/mol. The lowest BCUT2D eigenvalue weighted by atomic mass is 9.93. The molecule has 7 nitrogen and oxygen atoms in total. The van der Waals surface area contributed by atoms with Gasteiger partial charge in [0, 0.05) is 30.2 Å². The Labute approximate surface area is 182 Å². The standard InChI is InChI=1S/C23H28N2O5S/c26-22(25(19-8-2-1-3-9-19)21-11-14-31(28,29)17-21)16-30-23(27)18-7-6-10-20(15-18)24-12-4-5-13-24/h4-7,10,12-13,15,19,21H,1-3,8-9,11,14,16-17H2. The minimum Gasteiger partial charge on any atom is -0.452 e. The molecule has 4 rings (SSSR count). The average molecular weight is 445 g/mol. The maximum Gasteiger partial charge on any atom is 0.338 e. The highest BCUT2D eigenvalue weighted by molar-refractivity contribution is 7.91. The summed E-state index contributed by atoms with van der Waals surface area (Å²) >= 11 is 0. The Morgan fingerprint density at radius 1 is 1.00 bits per heavy atom. The second kappa shape index (κ2) is 9.26. The van der Waals surface area contributed by atoms with Crippen molar-refractivity contribution >= 4 is 21.7 Å². The number of hydrogen-bond donors (Lipinski definition) is 0. The van der Waals surface area contributed by atoms with Gasteiger partial charge in [0.1, 0.15) is 0 Å². The molecule has 1 atom stereocenters. The Morgan fingerprint density at radius 2 is 1.74 bits per heavy atom. The van der Waals surface area contributed by atoms with Gasteiger partial charge in [-0.3, -0.25) is 4.79 Å². The molecule has 8 heteroatoms. The minimum absolute atomic E-state index is 0.00209. The molecule has 1 amide bonds. The Kier molecular flexibility index (Phi) is 6.46. The number of nitrogens with zero attached hydrogens (tertiary/aromatic N) is 2. The lowest BCUT2D eigenvalue weighted by molar-refractivity contribution is -0.140. The summed E-state index contributed by atoms with van der Waals surface area (Å²) in [4.78, 5) is 27.4. The van der Waals surface area contributed by atoms with Crippen LogP contribution in [0.4, 0.5) is 0 Å². The molecule has 0 bridgehead atoms. The van der Waals surface area contributed by atoms with Crippen molar-refractivity contribution in [1.82, 2.24) is 9.47 Å². The van der Waals surface area contributed by atoms with Crippen LogP contribution < -0.4 is 0 Å². The number of benzene rings is 1. The molecule has 1 aromatic heterocycles. The number of sulfone groups is 1. The summed E-state index contributed by atoms with van der Waals surface area (Å²) < 4.78 is 31.3. The number of rotatable bonds is 6. The van der Waals surface area contributed by atoms with Crippen LogP contribution in [0.2, 0.25) is 0 Å². The summed E-state index contributed by atoms with van der Waals surface area (Å²) in [6.07, 6.45) is 9.15. The molecule has 0 spiro atoms. The number of hydrogen-bond acceptors (Lipinski definition) is 5. The maximum atomic E-state index is 13.1. The van der Waals surface area contributed by atoms with Gasteiger partial charge >= 0.3 is 5.97 Å². The molecule has 2 aliphatic rings. The first-order valence-corrected chi connectivity index (χ1v) is 12.7. The van der Waals surface area contributed by atoms with Gasteiger partial charge in [0.15, 0.2) is 16.4 Å². The topological polar surface area (TPSA) is 85.7 Å². The fourth-order valence-corrected chi connectivity index (χ4v) is 6.36. The quantitative estimate of drug-likeness (QED) is 0.640. The van der Waals surface area contributed by atoms with Gasteiger partial charge in [-0.05, 0) is 49.6 Å². The van der Waals surface area contributed by atoms with Crippen molar-refractivity contribution in [2.75, 3.05) is 18.1 Å². The molecule has 2 aromatic rings. The highest BCUT2D eigenvalue weighted by Crippen LogP contribution is 2.28. The molecular formula is C23H28N2O5S. The number of carbonyl (C=O) groups excluding carboxylic acids is 2. The molecule has 2 heterocycles.